The van der Waals surface area contributed by atoms with Crippen LogP contribution in [0.2, 0.25) is 0 Å². The fraction of sp³-hybridized carbons (Fsp3) is 0.615. The third-order valence-electron chi connectivity index (χ3n) is 4.18. The van der Waals surface area contributed by atoms with Crippen molar-refractivity contribution in [3.8, 4) is 0 Å². The van der Waals surface area contributed by atoms with Gasteiger partial charge in [0.05, 0.1) is 10.9 Å². The fourth-order valence-electron chi connectivity index (χ4n) is 2.77. The van der Waals surface area contributed by atoms with Crippen LogP contribution in [0.15, 0.2) is 16.3 Å². The molecule has 128 valence electrons. The molecule has 23 heavy (non-hydrogen) atoms. The van der Waals surface area contributed by atoms with Crippen LogP contribution in [0.25, 0.3) is 0 Å². The summed E-state index contributed by atoms with van der Waals surface area (Å²) in [6.45, 7) is 0.125. The number of nitrogens with zero attached hydrogens (tertiary/aromatic N) is 2. The van der Waals surface area contributed by atoms with Crippen molar-refractivity contribution in [2.75, 3.05) is 26.7 Å². The third kappa shape index (κ3) is 3.07. The molecule has 2 aliphatic heterocycles. The molecule has 0 unspecified atom stereocenters. The molecule has 1 fully saturated rings. The molecule has 1 atom stereocenters. The zero-order chi connectivity index (χ0) is 16.8. The number of nitrogens with one attached hydrogen (secondary N) is 1. The minimum atomic E-state index is -3.51. The van der Waals surface area contributed by atoms with E-state index in [1.54, 1.807) is 5.38 Å². The second-order valence-electron chi connectivity index (χ2n) is 5.78. The van der Waals surface area contributed by atoms with E-state index in [0.29, 0.717) is 4.88 Å². The lowest BCUT2D eigenvalue weighted by molar-refractivity contribution is -0.0471. The van der Waals surface area contributed by atoms with Gasteiger partial charge >= 0.3 is 6.03 Å². The maximum Gasteiger partial charge on any atom is 0.317 e. The number of sulfonamides is 1. The van der Waals surface area contributed by atoms with Crippen LogP contribution in [-0.4, -0.2) is 56.3 Å². The Morgan fingerprint density at radius 2 is 2.04 bits per heavy atom. The molecule has 3 heterocycles. The molecule has 1 aromatic heterocycles. The number of rotatable bonds is 1. The molecule has 1 N–H and O–H groups in total. The highest BCUT2D eigenvalue weighted by Gasteiger charge is 2.39. The van der Waals surface area contributed by atoms with E-state index in [0.717, 1.165) is 0 Å². The van der Waals surface area contributed by atoms with Gasteiger partial charge in [-0.1, -0.05) is 0 Å². The number of hydrogen-bond donors (Lipinski definition) is 1. The van der Waals surface area contributed by atoms with Crippen LogP contribution in [0.5, 0.6) is 0 Å². The van der Waals surface area contributed by atoms with Gasteiger partial charge in [0, 0.05) is 44.4 Å². The number of hydrogen-bond acceptors (Lipinski definition) is 4. The molecule has 10 heteroatoms. The molecule has 2 amide bonds. The van der Waals surface area contributed by atoms with Crippen molar-refractivity contribution in [2.24, 2.45) is 0 Å². The minimum absolute atomic E-state index is 0.00299. The minimum Gasteiger partial charge on any atom is -0.329 e. The molecular weight excluding hydrogens is 348 g/mol. The zero-order valence-corrected chi connectivity index (χ0v) is 14.1. The lowest BCUT2D eigenvalue weighted by Gasteiger charge is -2.35. The van der Waals surface area contributed by atoms with Gasteiger partial charge < -0.3 is 10.2 Å². The molecule has 0 saturated carbocycles. The summed E-state index contributed by atoms with van der Waals surface area (Å²) >= 11 is 1.27. The summed E-state index contributed by atoms with van der Waals surface area (Å²) in [4.78, 5) is 14.4. The zero-order valence-electron chi connectivity index (χ0n) is 12.5. The number of fused-ring (bicyclic) bond motifs is 1. The Balaban J connectivity index is 1.73. The predicted molar refractivity (Wildman–Crippen MR) is 81.2 cm³/mol. The summed E-state index contributed by atoms with van der Waals surface area (Å²) in [5, 5.41) is 4.44. The highest BCUT2D eigenvalue weighted by Crippen LogP contribution is 2.35. The lowest BCUT2D eigenvalue weighted by Crippen LogP contribution is -2.50. The van der Waals surface area contributed by atoms with Gasteiger partial charge in [0.15, 0.2) is 0 Å². The first-order chi connectivity index (χ1) is 10.7. The molecule has 0 aliphatic carbocycles. The Morgan fingerprint density at radius 1 is 1.39 bits per heavy atom. The Labute approximate surface area is 137 Å². The molecule has 1 aromatic rings. The summed E-state index contributed by atoms with van der Waals surface area (Å²) < 4.78 is 51.9. The van der Waals surface area contributed by atoms with E-state index < -0.39 is 28.0 Å². The van der Waals surface area contributed by atoms with Gasteiger partial charge in [0.1, 0.15) is 0 Å². The van der Waals surface area contributed by atoms with Crippen molar-refractivity contribution in [1.29, 1.82) is 0 Å². The number of urea groups is 1. The fourth-order valence-corrected chi connectivity index (χ4v) is 5.47. The summed E-state index contributed by atoms with van der Waals surface area (Å²) in [7, 11) is -2.05. The van der Waals surface area contributed by atoms with Gasteiger partial charge in [0.2, 0.25) is 10.0 Å². The first kappa shape index (κ1) is 16.6. The molecule has 0 spiro atoms. The lowest BCUT2D eigenvalue weighted by atomic mass is 10.1. The van der Waals surface area contributed by atoms with Crippen molar-refractivity contribution < 1.29 is 22.0 Å². The average molecular weight is 365 g/mol. The molecule has 1 saturated heterocycles. The van der Waals surface area contributed by atoms with Gasteiger partial charge in [0.25, 0.3) is 5.92 Å². The standard InChI is InChI=1S/C13H17F2N3O3S2/c1-17-8-9(11-10(2-7-22-11)23(17,20)21)16-12(19)18-5-3-13(14,15)4-6-18/h2,7,9H,3-6,8H2,1H3,(H,16,19)/t9-/m0/s1. The molecule has 3 rings (SSSR count). The first-order valence-electron chi connectivity index (χ1n) is 7.18. The van der Waals surface area contributed by atoms with Gasteiger partial charge in [-0.3, -0.25) is 0 Å². The Morgan fingerprint density at radius 3 is 2.70 bits per heavy atom. The molecule has 2 aliphatic rings. The number of halogens is 2. The molecule has 0 aromatic carbocycles. The number of carbonyl (C=O) groups excluding carboxylic acids is 1. The maximum atomic E-state index is 13.2. The number of piperidine rings is 1. The number of likely N-dealkylation sites (tertiary alicyclic amines) is 1. The second kappa shape index (κ2) is 5.67. The first-order valence-corrected chi connectivity index (χ1v) is 9.50. The molecule has 6 nitrogen and oxygen atoms in total. The third-order valence-corrected chi connectivity index (χ3v) is 7.22. The smallest absolute Gasteiger partial charge is 0.317 e. The van der Waals surface area contributed by atoms with E-state index in [2.05, 4.69) is 5.32 Å². The van der Waals surface area contributed by atoms with Crippen LogP contribution in [0, 0.1) is 0 Å². The summed E-state index contributed by atoms with van der Waals surface area (Å²) in [5.74, 6) is -2.71. The molecule has 0 bridgehead atoms. The van der Waals surface area contributed by atoms with Crippen molar-refractivity contribution in [3.05, 3.63) is 16.3 Å². The van der Waals surface area contributed by atoms with Crippen LogP contribution >= 0.6 is 11.3 Å². The Bertz CT molecular complexity index is 710. The largest absolute Gasteiger partial charge is 0.329 e. The highest BCUT2D eigenvalue weighted by molar-refractivity contribution is 7.89. The van der Waals surface area contributed by atoms with E-state index in [9.17, 15) is 22.0 Å². The van der Waals surface area contributed by atoms with Crippen molar-refractivity contribution in [1.82, 2.24) is 14.5 Å². The van der Waals surface area contributed by atoms with Crippen molar-refractivity contribution >= 4 is 27.4 Å². The van der Waals surface area contributed by atoms with Crippen LogP contribution in [-0.2, 0) is 10.0 Å². The van der Waals surface area contributed by atoms with E-state index in [-0.39, 0.29) is 37.4 Å². The predicted octanol–water partition coefficient (Wildman–Crippen LogP) is 1.86. The van der Waals surface area contributed by atoms with E-state index in [1.165, 1.54) is 33.7 Å². The Hall–Kier alpha value is -1.26. The van der Waals surface area contributed by atoms with Gasteiger partial charge in [-0.15, -0.1) is 11.3 Å². The van der Waals surface area contributed by atoms with Gasteiger partial charge in [-0.05, 0) is 11.4 Å². The van der Waals surface area contributed by atoms with Crippen LogP contribution in [0.1, 0.15) is 23.8 Å². The van der Waals surface area contributed by atoms with Crippen LogP contribution < -0.4 is 5.32 Å². The van der Waals surface area contributed by atoms with Crippen LogP contribution in [0.3, 0.4) is 0 Å². The summed E-state index contributed by atoms with van der Waals surface area (Å²) in [6.07, 6.45) is -0.687. The summed E-state index contributed by atoms with van der Waals surface area (Å²) in [6, 6.07) is 0.622. The second-order valence-corrected chi connectivity index (χ2v) is 8.74. The summed E-state index contributed by atoms with van der Waals surface area (Å²) in [5.41, 5.74) is 0. The number of likely N-dealkylation sites (N-methyl/N-ethyl adjacent to an activating group) is 1. The number of amides is 2. The van der Waals surface area contributed by atoms with E-state index >= 15 is 0 Å². The van der Waals surface area contributed by atoms with Crippen molar-refractivity contribution in [2.45, 2.75) is 29.7 Å². The SMILES string of the molecule is CN1C[C@H](NC(=O)N2CCC(F)(F)CC2)c2sccc2S1(=O)=O. The van der Waals surface area contributed by atoms with E-state index in [4.69, 9.17) is 0 Å². The number of alkyl halides is 2. The maximum absolute atomic E-state index is 13.2. The van der Waals surface area contributed by atoms with E-state index in [1.807, 2.05) is 0 Å². The van der Waals surface area contributed by atoms with Gasteiger partial charge in [-0.2, -0.15) is 4.31 Å². The normalized spacial score (nSPS) is 26.6. The van der Waals surface area contributed by atoms with Crippen LogP contribution in [0.4, 0.5) is 13.6 Å². The monoisotopic (exact) mass is 365 g/mol. The van der Waals surface area contributed by atoms with Crippen molar-refractivity contribution in [3.63, 3.8) is 0 Å². The molecule has 0 radical (unpaired) electrons. The number of thiophene rings is 1. The molecular formula is C13H17F2N3O3S2. The Kier molecular flexibility index (Phi) is 4.09. The average Bonchev–Trinajstić information content (AvgIpc) is 2.95. The highest BCUT2D eigenvalue weighted by atomic mass is 32.2. The number of carbonyl (C=O) groups is 1. The quantitative estimate of drug-likeness (QED) is 0.826. The topological polar surface area (TPSA) is 69.7 Å². The van der Waals surface area contributed by atoms with Gasteiger partial charge in [-0.25, -0.2) is 22.0 Å².